The zero-order chi connectivity index (χ0) is 19.0. The van der Waals surface area contributed by atoms with Gasteiger partial charge in [-0.1, -0.05) is 6.42 Å². The van der Waals surface area contributed by atoms with Crippen molar-refractivity contribution < 1.29 is 9.91 Å². The van der Waals surface area contributed by atoms with Crippen molar-refractivity contribution in [3.63, 3.8) is 0 Å². The van der Waals surface area contributed by atoms with Crippen molar-refractivity contribution in [3.05, 3.63) is 49.7 Å². The first-order valence-electron chi connectivity index (χ1n) is 8.89. The summed E-state index contributed by atoms with van der Waals surface area (Å²) in [5.41, 5.74) is 12.5. The molecule has 0 fully saturated rings. The molecular weight excluding hydrogens is 328 g/mol. The number of aromatic nitrogens is 1. The van der Waals surface area contributed by atoms with Crippen LogP contribution in [0.4, 0.5) is 11.5 Å². The predicted molar refractivity (Wildman–Crippen MR) is 99.7 cm³/mol. The number of H-pyrrole nitrogens is 1. The van der Waals surface area contributed by atoms with Crippen LogP contribution in [0.25, 0.3) is 11.1 Å². The van der Waals surface area contributed by atoms with E-state index >= 15 is 0 Å². The van der Waals surface area contributed by atoms with E-state index in [4.69, 9.17) is 5.73 Å². The van der Waals surface area contributed by atoms with E-state index in [1.165, 1.54) is 0 Å². The molecule has 1 aliphatic carbocycles. The summed E-state index contributed by atoms with van der Waals surface area (Å²) in [5, 5.41) is 21.4. The number of nitrogens with zero attached hydrogens (tertiary/aromatic N) is 2. The molecule has 1 aromatic heterocycles. The highest BCUT2D eigenvalue weighted by atomic mass is 16.6. The van der Waals surface area contributed by atoms with E-state index in [0.29, 0.717) is 22.5 Å². The maximum atomic E-state index is 11.6. The molecular formula is C20H23N4O2+. The van der Waals surface area contributed by atoms with E-state index in [-0.39, 0.29) is 10.6 Å². The number of benzene rings is 1. The Bertz CT molecular complexity index is 958. The Balaban J connectivity index is 2.45. The van der Waals surface area contributed by atoms with Gasteiger partial charge in [-0.25, -0.2) is 4.98 Å². The number of rotatable bonds is 2. The van der Waals surface area contributed by atoms with E-state index < -0.39 is 0 Å². The van der Waals surface area contributed by atoms with E-state index in [1.807, 2.05) is 13.0 Å². The number of nitrogen functional groups attached to an aromatic ring is 1. The molecule has 1 aromatic carbocycles. The third kappa shape index (κ3) is 2.80. The number of nitro groups is 1. The van der Waals surface area contributed by atoms with Crippen LogP contribution in [0.2, 0.25) is 0 Å². The molecule has 1 heterocycles. The fourth-order valence-electron chi connectivity index (χ4n) is 4.24. The number of aryl methyl sites for hydroxylation is 3. The quantitative estimate of drug-likeness (QED) is 0.505. The molecule has 2 aromatic rings. The molecule has 0 spiro atoms. The van der Waals surface area contributed by atoms with Gasteiger partial charge >= 0.3 is 0 Å². The number of anilines is 1. The minimum Gasteiger partial charge on any atom is -0.286 e. The van der Waals surface area contributed by atoms with Crippen LogP contribution in [-0.2, 0) is 12.8 Å². The number of pyridine rings is 1. The molecule has 0 bridgehead atoms. The average Bonchev–Trinajstić information content (AvgIpc) is 2.78. The van der Waals surface area contributed by atoms with Gasteiger partial charge in [0.05, 0.1) is 4.92 Å². The Morgan fingerprint density at radius 3 is 2.50 bits per heavy atom. The van der Waals surface area contributed by atoms with Crippen molar-refractivity contribution in [3.8, 4) is 17.2 Å². The summed E-state index contributed by atoms with van der Waals surface area (Å²) in [4.78, 5) is 14.5. The van der Waals surface area contributed by atoms with Crippen molar-refractivity contribution >= 4 is 11.5 Å². The summed E-state index contributed by atoms with van der Waals surface area (Å²) in [6.07, 6.45) is 4.95. The van der Waals surface area contributed by atoms with Gasteiger partial charge < -0.3 is 0 Å². The van der Waals surface area contributed by atoms with Crippen LogP contribution in [0.3, 0.4) is 0 Å². The van der Waals surface area contributed by atoms with Gasteiger partial charge in [0.1, 0.15) is 17.3 Å². The Hall–Kier alpha value is -2.94. The minimum atomic E-state index is -0.337. The van der Waals surface area contributed by atoms with Crippen molar-refractivity contribution in [2.75, 3.05) is 5.73 Å². The fraction of sp³-hybridized carbons (Fsp3) is 0.400. The third-order valence-corrected chi connectivity index (χ3v) is 5.30. The number of hydrogen-bond acceptors (Lipinski definition) is 4. The SMILES string of the molecule is Cc1cc(C)c([N+](=O)[O-])c(C)c1-c1c(C#N)c(N)[nH+]c2c1CCCCC2. The van der Waals surface area contributed by atoms with Gasteiger partial charge in [0.25, 0.3) is 11.5 Å². The summed E-state index contributed by atoms with van der Waals surface area (Å²) in [7, 11) is 0. The first-order chi connectivity index (χ1) is 12.4. The lowest BCUT2D eigenvalue weighted by atomic mass is 9.85. The normalized spacial score (nSPS) is 13.6. The van der Waals surface area contributed by atoms with E-state index in [2.05, 4.69) is 11.1 Å². The van der Waals surface area contributed by atoms with Crippen molar-refractivity contribution in [2.24, 2.45) is 0 Å². The number of nitrogens with two attached hydrogens (primary N) is 1. The summed E-state index contributed by atoms with van der Waals surface area (Å²) in [6, 6.07) is 4.06. The lowest BCUT2D eigenvalue weighted by Gasteiger charge is -2.18. The summed E-state index contributed by atoms with van der Waals surface area (Å²) in [5.74, 6) is 0.338. The smallest absolute Gasteiger partial charge is 0.286 e. The van der Waals surface area contributed by atoms with Crippen molar-refractivity contribution in [1.29, 1.82) is 5.26 Å². The third-order valence-electron chi connectivity index (χ3n) is 5.30. The molecule has 3 N–H and O–H groups in total. The zero-order valence-electron chi connectivity index (χ0n) is 15.4. The number of fused-ring (bicyclic) bond motifs is 1. The summed E-state index contributed by atoms with van der Waals surface area (Å²) in [6.45, 7) is 5.46. The van der Waals surface area contributed by atoms with Crippen LogP contribution >= 0.6 is 0 Å². The second-order valence-corrected chi connectivity index (χ2v) is 7.03. The zero-order valence-corrected chi connectivity index (χ0v) is 15.4. The van der Waals surface area contributed by atoms with E-state index in [0.717, 1.165) is 60.1 Å². The Kier molecular flexibility index (Phi) is 4.64. The standard InChI is InChI=1S/C20H22N4O2/c1-11-9-12(2)19(24(25)26)13(3)17(11)18-14-7-5-4-6-8-16(14)23-20(22)15(18)10-21/h9H,4-8H2,1-3H3,(H2,22,23)/p+1. The van der Waals surface area contributed by atoms with E-state index in [9.17, 15) is 15.4 Å². The molecule has 0 aliphatic heterocycles. The number of nitriles is 1. The second kappa shape index (κ2) is 6.75. The fourth-order valence-corrected chi connectivity index (χ4v) is 4.24. The highest BCUT2D eigenvalue weighted by Crippen LogP contribution is 2.41. The van der Waals surface area contributed by atoms with Crippen molar-refractivity contribution in [2.45, 2.75) is 52.9 Å². The topological polar surface area (TPSA) is 107 Å². The maximum Gasteiger partial charge on any atom is 0.289 e. The second-order valence-electron chi connectivity index (χ2n) is 7.03. The number of aromatic amines is 1. The molecule has 3 rings (SSSR count). The van der Waals surface area contributed by atoms with Gasteiger partial charge in [0.2, 0.25) is 0 Å². The monoisotopic (exact) mass is 351 g/mol. The molecule has 0 amide bonds. The lowest BCUT2D eigenvalue weighted by Crippen LogP contribution is -2.22. The molecule has 0 radical (unpaired) electrons. The van der Waals surface area contributed by atoms with Crippen molar-refractivity contribution in [1.82, 2.24) is 0 Å². The first kappa shape index (κ1) is 17.9. The number of nitro benzene ring substituents is 1. The van der Waals surface area contributed by atoms with Gasteiger partial charge in [0, 0.05) is 28.7 Å². The van der Waals surface area contributed by atoms with E-state index in [1.54, 1.807) is 13.8 Å². The van der Waals surface area contributed by atoms with Gasteiger partial charge in [-0.3, -0.25) is 15.8 Å². The first-order valence-corrected chi connectivity index (χ1v) is 8.89. The van der Waals surface area contributed by atoms with Gasteiger partial charge in [0.15, 0.2) is 0 Å². The van der Waals surface area contributed by atoms with Crippen LogP contribution in [0, 0.1) is 42.2 Å². The molecule has 26 heavy (non-hydrogen) atoms. The average molecular weight is 351 g/mol. The summed E-state index contributed by atoms with van der Waals surface area (Å²) >= 11 is 0. The van der Waals surface area contributed by atoms with Crippen LogP contribution in [0.15, 0.2) is 6.07 Å². The highest BCUT2D eigenvalue weighted by molar-refractivity contribution is 5.84. The predicted octanol–water partition coefficient (Wildman–Crippen LogP) is 3.72. The molecule has 1 aliphatic rings. The lowest BCUT2D eigenvalue weighted by molar-refractivity contribution is -0.386. The molecule has 0 saturated heterocycles. The van der Waals surface area contributed by atoms with Crippen LogP contribution in [0.1, 0.15) is 52.8 Å². The molecule has 0 atom stereocenters. The molecule has 6 heteroatoms. The highest BCUT2D eigenvalue weighted by Gasteiger charge is 2.29. The number of nitrogens with one attached hydrogen (secondary N) is 1. The largest absolute Gasteiger partial charge is 0.289 e. The van der Waals surface area contributed by atoms with Gasteiger partial charge in [-0.2, -0.15) is 5.26 Å². The number of hydrogen-bond donors (Lipinski definition) is 1. The Morgan fingerprint density at radius 1 is 1.15 bits per heavy atom. The molecule has 6 nitrogen and oxygen atoms in total. The Morgan fingerprint density at radius 2 is 1.85 bits per heavy atom. The summed E-state index contributed by atoms with van der Waals surface area (Å²) < 4.78 is 0. The molecule has 0 unspecified atom stereocenters. The van der Waals surface area contributed by atoms with Crippen LogP contribution in [-0.4, -0.2) is 4.92 Å². The minimum absolute atomic E-state index is 0.114. The maximum absolute atomic E-state index is 11.6. The Labute approximate surface area is 152 Å². The van der Waals surface area contributed by atoms with Crippen LogP contribution < -0.4 is 10.7 Å². The molecule has 134 valence electrons. The molecule has 0 saturated carbocycles. The van der Waals surface area contributed by atoms with Gasteiger partial charge in [-0.15, -0.1) is 0 Å². The van der Waals surface area contributed by atoms with Crippen LogP contribution in [0.5, 0.6) is 0 Å². The van der Waals surface area contributed by atoms with Gasteiger partial charge in [-0.05, 0) is 57.2 Å².